The number of anilines is 1. The summed E-state index contributed by atoms with van der Waals surface area (Å²) in [5, 5.41) is 7.13. The number of aryl methyl sites for hydroxylation is 1. The molecule has 0 saturated carbocycles. The van der Waals surface area contributed by atoms with Crippen molar-refractivity contribution in [2.24, 2.45) is 5.10 Å². The summed E-state index contributed by atoms with van der Waals surface area (Å²) in [6.45, 7) is 3.81. The Morgan fingerprint density at radius 3 is 2.48 bits per heavy atom. The quantitative estimate of drug-likeness (QED) is 0.654. The summed E-state index contributed by atoms with van der Waals surface area (Å²) in [6, 6.07) is 17.1. The van der Waals surface area contributed by atoms with Crippen LogP contribution in [-0.4, -0.2) is 18.2 Å². The number of nitrogens with one attached hydrogen (secondary N) is 2. The van der Waals surface area contributed by atoms with Crippen LogP contribution in [0.15, 0.2) is 59.7 Å². The molecule has 0 unspecified atom stereocenters. The molecule has 0 bridgehead atoms. The molecule has 21 heavy (non-hydrogen) atoms. The van der Waals surface area contributed by atoms with Gasteiger partial charge in [0.1, 0.15) is 6.04 Å². The first-order valence-corrected chi connectivity index (χ1v) is 6.87. The highest BCUT2D eigenvalue weighted by Gasteiger charge is 2.12. The Bertz CT molecular complexity index is 623. The molecule has 4 nitrogen and oxygen atoms in total. The van der Waals surface area contributed by atoms with Gasteiger partial charge in [-0.3, -0.25) is 4.79 Å². The van der Waals surface area contributed by atoms with Crippen molar-refractivity contribution in [3.8, 4) is 0 Å². The summed E-state index contributed by atoms with van der Waals surface area (Å²) in [6.07, 6.45) is 1.62. The number of benzene rings is 2. The van der Waals surface area contributed by atoms with E-state index in [0.717, 1.165) is 16.8 Å². The van der Waals surface area contributed by atoms with Crippen LogP contribution >= 0.6 is 0 Å². The number of hydrogen-bond acceptors (Lipinski definition) is 3. The second-order valence-electron chi connectivity index (χ2n) is 4.83. The maximum absolute atomic E-state index is 12.0. The molecule has 1 amide bonds. The van der Waals surface area contributed by atoms with Crippen molar-refractivity contribution in [2.45, 2.75) is 19.9 Å². The molecule has 2 aromatic carbocycles. The smallest absolute Gasteiger partial charge is 0.262 e. The molecular formula is C17H19N3O. The average molecular weight is 281 g/mol. The molecule has 108 valence electrons. The minimum atomic E-state index is -0.362. The molecule has 0 aromatic heterocycles. The third kappa shape index (κ3) is 4.45. The lowest BCUT2D eigenvalue weighted by molar-refractivity contribution is -0.121. The van der Waals surface area contributed by atoms with Crippen molar-refractivity contribution in [3.05, 3.63) is 65.7 Å². The van der Waals surface area contributed by atoms with Crippen molar-refractivity contribution < 1.29 is 4.79 Å². The fraction of sp³-hybridized carbons (Fsp3) is 0.176. The molecule has 0 fully saturated rings. The molecule has 0 radical (unpaired) electrons. The minimum absolute atomic E-state index is 0.176. The summed E-state index contributed by atoms with van der Waals surface area (Å²) in [5.41, 5.74) is 5.53. The van der Waals surface area contributed by atoms with Gasteiger partial charge >= 0.3 is 0 Å². The van der Waals surface area contributed by atoms with E-state index in [4.69, 9.17) is 0 Å². The molecule has 0 heterocycles. The minimum Gasteiger partial charge on any atom is -0.374 e. The number of hydrogen-bond donors (Lipinski definition) is 2. The van der Waals surface area contributed by atoms with Gasteiger partial charge in [0.15, 0.2) is 0 Å². The van der Waals surface area contributed by atoms with E-state index in [1.54, 1.807) is 13.1 Å². The molecular weight excluding hydrogens is 262 g/mol. The first-order valence-electron chi connectivity index (χ1n) is 6.87. The van der Waals surface area contributed by atoms with E-state index in [-0.39, 0.29) is 11.9 Å². The Morgan fingerprint density at radius 2 is 1.76 bits per heavy atom. The van der Waals surface area contributed by atoms with Crippen LogP contribution in [0.1, 0.15) is 18.1 Å². The summed E-state index contributed by atoms with van der Waals surface area (Å²) < 4.78 is 0. The van der Waals surface area contributed by atoms with Gasteiger partial charge in [-0.1, -0.05) is 48.5 Å². The molecule has 0 aliphatic heterocycles. The van der Waals surface area contributed by atoms with E-state index in [1.807, 2.05) is 61.5 Å². The number of para-hydroxylation sites is 1. The Kier molecular flexibility index (Phi) is 5.10. The maximum atomic E-state index is 12.0. The Balaban J connectivity index is 1.88. The maximum Gasteiger partial charge on any atom is 0.262 e. The van der Waals surface area contributed by atoms with Crippen molar-refractivity contribution >= 4 is 17.8 Å². The highest BCUT2D eigenvalue weighted by Crippen LogP contribution is 2.14. The number of carbonyl (C=O) groups is 1. The average Bonchev–Trinajstić information content (AvgIpc) is 2.50. The van der Waals surface area contributed by atoms with Gasteiger partial charge in [0.2, 0.25) is 0 Å². The van der Waals surface area contributed by atoms with Crippen molar-refractivity contribution in [1.29, 1.82) is 0 Å². The predicted octanol–water partition coefficient (Wildman–Crippen LogP) is 2.95. The number of rotatable bonds is 5. The predicted molar refractivity (Wildman–Crippen MR) is 86.4 cm³/mol. The van der Waals surface area contributed by atoms with Gasteiger partial charge in [0, 0.05) is 5.69 Å². The van der Waals surface area contributed by atoms with Crippen molar-refractivity contribution in [1.82, 2.24) is 5.43 Å². The summed E-state index contributed by atoms with van der Waals surface area (Å²) >= 11 is 0. The van der Waals surface area contributed by atoms with Crippen LogP contribution in [0, 0.1) is 6.92 Å². The highest BCUT2D eigenvalue weighted by atomic mass is 16.2. The fourth-order valence-corrected chi connectivity index (χ4v) is 1.84. The summed E-state index contributed by atoms with van der Waals surface area (Å²) in [4.78, 5) is 12.0. The van der Waals surface area contributed by atoms with Gasteiger partial charge in [-0.05, 0) is 31.0 Å². The number of nitrogens with zero attached hydrogens (tertiary/aromatic N) is 1. The standard InChI is InChI=1S/C17H19N3O/c1-13-8-6-7-11-16(13)19-14(2)17(21)20-18-12-15-9-4-3-5-10-15/h3-12,14,19H,1-2H3,(H,20,21)/t14-/m1/s1. The Hall–Kier alpha value is -2.62. The molecule has 4 heteroatoms. The second kappa shape index (κ2) is 7.24. The fourth-order valence-electron chi connectivity index (χ4n) is 1.84. The first-order chi connectivity index (χ1) is 10.2. The molecule has 2 aromatic rings. The van der Waals surface area contributed by atoms with Crippen molar-refractivity contribution in [2.75, 3.05) is 5.32 Å². The summed E-state index contributed by atoms with van der Waals surface area (Å²) in [5.74, 6) is -0.176. The lowest BCUT2D eigenvalue weighted by Crippen LogP contribution is -2.35. The second-order valence-corrected chi connectivity index (χ2v) is 4.83. The van der Waals surface area contributed by atoms with E-state index >= 15 is 0 Å². The van der Waals surface area contributed by atoms with E-state index in [1.165, 1.54) is 0 Å². The first kappa shape index (κ1) is 14.8. The molecule has 2 N–H and O–H groups in total. The monoisotopic (exact) mass is 281 g/mol. The SMILES string of the molecule is Cc1ccccc1N[C@H](C)C(=O)NN=Cc1ccccc1. The zero-order valence-corrected chi connectivity index (χ0v) is 12.2. The molecule has 0 aliphatic rings. The van der Waals surface area contributed by atoms with E-state index in [9.17, 15) is 4.79 Å². The van der Waals surface area contributed by atoms with Gasteiger partial charge in [0.05, 0.1) is 6.21 Å². The lowest BCUT2D eigenvalue weighted by Gasteiger charge is -2.15. The molecule has 2 rings (SSSR count). The van der Waals surface area contributed by atoms with Crippen LogP contribution < -0.4 is 10.7 Å². The topological polar surface area (TPSA) is 53.5 Å². The molecule has 1 atom stereocenters. The third-order valence-corrected chi connectivity index (χ3v) is 3.10. The van der Waals surface area contributed by atoms with Crippen LogP contribution in [-0.2, 0) is 4.79 Å². The van der Waals surface area contributed by atoms with Gasteiger partial charge in [-0.2, -0.15) is 5.10 Å². The van der Waals surface area contributed by atoms with Gasteiger partial charge in [-0.25, -0.2) is 5.43 Å². The van der Waals surface area contributed by atoms with E-state index in [2.05, 4.69) is 15.8 Å². The largest absolute Gasteiger partial charge is 0.374 e. The molecule has 0 saturated heterocycles. The number of hydrazone groups is 1. The van der Waals surface area contributed by atoms with Crippen LogP contribution in [0.3, 0.4) is 0 Å². The van der Waals surface area contributed by atoms with Gasteiger partial charge in [0.25, 0.3) is 5.91 Å². The normalized spacial score (nSPS) is 12.1. The number of carbonyl (C=O) groups excluding carboxylic acids is 1. The summed E-state index contributed by atoms with van der Waals surface area (Å²) in [7, 11) is 0. The third-order valence-electron chi connectivity index (χ3n) is 3.10. The molecule has 0 spiro atoms. The zero-order chi connectivity index (χ0) is 15.1. The van der Waals surface area contributed by atoms with Crippen LogP contribution in [0.25, 0.3) is 0 Å². The van der Waals surface area contributed by atoms with Gasteiger partial charge < -0.3 is 5.32 Å². The molecule has 0 aliphatic carbocycles. The number of amides is 1. The van der Waals surface area contributed by atoms with Gasteiger partial charge in [-0.15, -0.1) is 0 Å². The Morgan fingerprint density at radius 1 is 1.10 bits per heavy atom. The van der Waals surface area contributed by atoms with Crippen molar-refractivity contribution in [3.63, 3.8) is 0 Å². The van der Waals surface area contributed by atoms with E-state index < -0.39 is 0 Å². The van der Waals surface area contributed by atoms with Crippen LogP contribution in [0.2, 0.25) is 0 Å². The Labute approximate surface area is 124 Å². The highest BCUT2D eigenvalue weighted by molar-refractivity contribution is 5.86. The van der Waals surface area contributed by atoms with E-state index in [0.29, 0.717) is 0 Å². The lowest BCUT2D eigenvalue weighted by atomic mass is 10.2. The zero-order valence-electron chi connectivity index (χ0n) is 12.2. The van der Waals surface area contributed by atoms with Crippen LogP contribution in [0.4, 0.5) is 5.69 Å². The van der Waals surface area contributed by atoms with Crippen LogP contribution in [0.5, 0.6) is 0 Å².